The molecule has 12 heteroatoms. The molecule has 2 aliphatic heterocycles. The maximum atomic E-state index is 12.4. The van der Waals surface area contributed by atoms with E-state index in [4.69, 9.17) is 9.47 Å². The minimum absolute atomic E-state index is 0.106. The zero-order valence-electron chi connectivity index (χ0n) is 25.3. The number of para-hydroxylation sites is 1. The van der Waals surface area contributed by atoms with Crippen LogP contribution in [-0.4, -0.2) is 65.2 Å². The van der Waals surface area contributed by atoms with E-state index in [0.717, 1.165) is 43.6 Å². The Morgan fingerprint density at radius 3 is 2.70 bits per heavy atom. The fraction of sp³-hybridized carbons (Fsp3) is 0.516. The first-order chi connectivity index (χ1) is 20.4. The third kappa shape index (κ3) is 7.05. The highest BCUT2D eigenvalue weighted by molar-refractivity contribution is 8.22. The topological polar surface area (TPSA) is 142 Å². The number of nitrogens with one attached hydrogen (secondary N) is 1. The van der Waals surface area contributed by atoms with E-state index in [9.17, 15) is 19.0 Å². The molecule has 1 fully saturated rings. The van der Waals surface area contributed by atoms with Crippen LogP contribution in [0.5, 0.6) is 5.75 Å². The highest BCUT2D eigenvalue weighted by Gasteiger charge is 2.40. The summed E-state index contributed by atoms with van der Waals surface area (Å²) in [4.78, 5) is 12.8. The number of hydrogen-bond acceptors (Lipinski definition) is 9. The van der Waals surface area contributed by atoms with Gasteiger partial charge in [0.1, 0.15) is 22.4 Å². The van der Waals surface area contributed by atoms with Crippen molar-refractivity contribution in [1.29, 1.82) is 0 Å². The predicted octanol–water partition coefficient (Wildman–Crippen LogP) is 5.26. The minimum Gasteiger partial charge on any atom is -0.487 e. The Balaban J connectivity index is 1.37. The number of carboxylic acid groups (broad SMARTS) is 1. The molecule has 5 rings (SSSR count). The van der Waals surface area contributed by atoms with Crippen LogP contribution in [-0.2, 0) is 29.2 Å². The average molecular weight is 614 g/mol. The molecule has 1 aromatic heterocycles. The molecule has 234 valence electrons. The number of aryl methyl sites for hydroxylation is 1. The molecule has 0 amide bonds. The van der Waals surface area contributed by atoms with Gasteiger partial charge in [-0.25, -0.2) is 0 Å². The lowest BCUT2D eigenvalue weighted by atomic mass is 9.81. The third-order valence-electron chi connectivity index (χ3n) is 8.41. The van der Waals surface area contributed by atoms with Crippen LogP contribution >= 0.6 is 10.8 Å². The second kappa shape index (κ2) is 12.9. The van der Waals surface area contributed by atoms with Gasteiger partial charge in [-0.1, -0.05) is 35.5 Å². The number of aliphatic carboxylic acids is 1. The second-order valence-corrected chi connectivity index (χ2v) is 14.2. The van der Waals surface area contributed by atoms with Gasteiger partial charge in [0.05, 0.1) is 30.9 Å². The van der Waals surface area contributed by atoms with Crippen molar-refractivity contribution in [2.24, 2.45) is 11.3 Å². The Kier molecular flexibility index (Phi) is 9.45. The Labute approximate surface area is 254 Å². The Morgan fingerprint density at radius 1 is 1.21 bits per heavy atom. The maximum Gasteiger partial charge on any atom is 0.312 e. The molecular weight excluding hydrogens is 570 g/mol. The van der Waals surface area contributed by atoms with E-state index < -0.39 is 28.3 Å². The summed E-state index contributed by atoms with van der Waals surface area (Å²) in [5.41, 5.74) is 1.85. The van der Waals surface area contributed by atoms with E-state index in [2.05, 4.69) is 15.6 Å². The van der Waals surface area contributed by atoms with Crippen molar-refractivity contribution >= 4 is 16.7 Å². The molecule has 3 heterocycles. The lowest BCUT2D eigenvalue weighted by molar-refractivity contribution is -0.158. The summed E-state index contributed by atoms with van der Waals surface area (Å²) in [6, 6.07) is 12.7. The first-order valence-electron chi connectivity index (χ1n) is 14.8. The van der Waals surface area contributed by atoms with E-state index in [-0.39, 0.29) is 19.3 Å². The maximum absolute atomic E-state index is 12.4. The molecule has 1 saturated heterocycles. The van der Waals surface area contributed by atoms with Crippen LogP contribution in [0.3, 0.4) is 0 Å². The van der Waals surface area contributed by atoms with Gasteiger partial charge in [0, 0.05) is 13.1 Å². The number of aromatic nitrogens is 3. The zero-order valence-corrected chi connectivity index (χ0v) is 26.1. The van der Waals surface area contributed by atoms with Crippen molar-refractivity contribution < 1.29 is 28.5 Å². The molecule has 4 N–H and O–H groups in total. The third-order valence-corrected chi connectivity index (χ3v) is 10.3. The van der Waals surface area contributed by atoms with Crippen LogP contribution in [0, 0.1) is 18.3 Å². The van der Waals surface area contributed by atoms with Gasteiger partial charge in [-0.3, -0.25) is 18.6 Å². The van der Waals surface area contributed by atoms with Crippen molar-refractivity contribution in [2.45, 2.75) is 77.3 Å². The number of benzene rings is 2. The number of ether oxygens (including phenoxy) is 2. The molecule has 2 aliphatic rings. The largest absolute Gasteiger partial charge is 0.487 e. The van der Waals surface area contributed by atoms with Crippen LogP contribution < -0.4 is 10.1 Å². The summed E-state index contributed by atoms with van der Waals surface area (Å²) in [6.07, 6.45) is 3.00. The van der Waals surface area contributed by atoms with Gasteiger partial charge in [0.25, 0.3) is 0 Å². The fourth-order valence-electron chi connectivity index (χ4n) is 5.75. The summed E-state index contributed by atoms with van der Waals surface area (Å²) < 4.78 is 38.6. The number of carboxylic acids is 1. The van der Waals surface area contributed by atoms with Gasteiger partial charge in [-0.2, -0.15) is 4.31 Å². The number of piperidine rings is 1. The van der Waals surface area contributed by atoms with Crippen LogP contribution in [0.2, 0.25) is 0 Å². The van der Waals surface area contributed by atoms with E-state index >= 15 is 0 Å². The van der Waals surface area contributed by atoms with Gasteiger partial charge in [0.2, 0.25) is 0 Å². The first kappa shape index (κ1) is 31.4. The Hall–Kier alpha value is -3.00. The van der Waals surface area contributed by atoms with Crippen LogP contribution in [0.4, 0.5) is 0 Å². The molecular formula is C31H43N5O6S. The van der Waals surface area contributed by atoms with E-state index in [0.29, 0.717) is 34.4 Å². The monoisotopic (exact) mass is 613 g/mol. The molecule has 43 heavy (non-hydrogen) atoms. The molecule has 11 nitrogen and oxygen atoms in total. The number of fused-ring (bicyclic) bond motifs is 1. The standard InChI is InChI=1S/C31H43N5O6S/c1-21-9-10-24(15-25(21)18-36-16-22(2)42-27-7-5-6-8-28(27)43(36,39)40)29(31(3,4)30(37)38)41-20-26-19-35(34-33-26)17-23-11-13-32-14-12-23/h5-10,15,19,22-23,29,32,39-40H,11-14,16-18,20H2,1-4H3,(H,37,38)/t22-,29?/m1/s1. The van der Waals surface area contributed by atoms with Crippen molar-refractivity contribution in [3.63, 3.8) is 0 Å². The molecule has 0 saturated carbocycles. The van der Waals surface area contributed by atoms with Crippen molar-refractivity contribution in [3.8, 4) is 5.75 Å². The van der Waals surface area contributed by atoms with E-state index in [1.807, 2.05) is 49.0 Å². The normalized spacial score (nSPS) is 20.9. The smallest absolute Gasteiger partial charge is 0.312 e. The van der Waals surface area contributed by atoms with Crippen LogP contribution in [0.1, 0.15) is 62.1 Å². The van der Waals surface area contributed by atoms with Gasteiger partial charge >= 0.3 is 5.97 Å². The number of carbonyl (C=O) groups is 1. The average Bonchev–Trinajstić information content (AvgIpc) is 3.38. The van der Waals surface area contributed by atoms with Gasteiger partial charge in [0.15, 0.2) is 0 Å². The minimum atomic E-state index is -3.33. The lowest BCUT2D eigenvalue weighted by Gasteiger charge is -2.42. The molecule has 3 aromatic rings. The van der Waals surface area contributed by atoms with Crippen molar-refractivity contribution in [1.82, 2.24) is 24.6 Å². The SMILES string of the molecule is Cc1ccc(C(OCc2cn(CC3CCNCC3)nn2)C(C)(C)C(=O)O)cc1CN1C[C@@H](C)Oc2ccccc2S1(O)O. The summed E-state index contributed by atoms with van der Waals surface area (Å²) >= 11 is 0. The fourth-order valence-corrected chi connectivity index (χ4v) is 7.41. The highest BCUT2D eigenvalue weighted by atomic mass is 32.3. The van der Waals surface area contributed by atoms with Gasteiger partial charge in [-0.15, -0.1) is 15.9 Å². The van der Waals surface area contributed by atoms with Gasteiger partial charge < -0.3 is 19.9 Å². The highest BCUT2D eigenvalue weighted by Crippen LogP contribution is 2.57. The Bertz CT molecular complexity index is 1420. The predicted molar refractivity (Wildman–Crippen MR) is 164 cm³/mol. The molecule has 0 bridgehead atoms. The summed E-state index contributed by atoms with van der Waals surface area (Å²) in [6.45, 7) is 10.6. The summed E-state index contributed by atoms with van der Waals surface area (Å²) in [7, 11) is -3.33. The number of hydrogen-bond donors (Lipinski definition) is 4. The van der Waals surface area contributed by atoms with Crippen molar-refractivity contribution in [2.75, 3.05) is 19.6 Å². The quantitative estimate of drug-likeness (QED) is 0.239. The molecule has 1 unspecified atom stereocenters. The van der Waals surface area contributed by atoms with Crippen molar-refractivity contribution in [3.05, 3.63) is 71.0 Å². The first-order valence-corrected chi connectivity index (χ1v) is 16.3. The van der Waals surface area contributed by atoms with Gasteiger partial charge in [-0.05, 0) is 88.4 Å². The molecule has 0 spiro atoms. The Morgan fingerprint density at radius 2 is 1.95 bits per heavy atom. The summed E-state index contributed by atoms with van der Waals surface area (Å²) in [5.74, 6) is 0.0258. The van der Waals surface area contributed by atoms with Crippen LogP contribution in [0.15, 0.2) is 53.6 Å². The number of rotatable bonds is 10. The van der Waals surface area contributed by atoms with E-state index in [1.54, 1.807) is 36.4 Å². The molecule has 2 aromatic carbocycles. The molecule has 0 radical (unpaired) electrons. The lowest BCUT2D eigenvalue weighted by Crippen LogP contribution is -2.34. The van der Waals surface area contributed by atoms with Crippen LogP contribution in [0.25, 0.3) is 0 Å². The number of nitrogens with zero attached hydrogens (tertiary/aromatic N) is 4. The van der Waals surface area contributed by atoms with E-state index in [1.165, 1.54) is 0 Å². The molecule has 2 atom stereocenters. The zero-order chi connectivity index (χ0) is 30.8. The summed E-state index contributed by atoms with van der Waals surface area (Å²) in [5, 5.41) is 22.1. The second-order valence-electron chi connectivity index (χ2n) is 12.2. The molecule has 0 aliphatic carbocycles.